The van der Waals surface area contributed by atoms with E-state index >= 15 is 0 Å². The van der Waals surface area contributed by atoms with Gasteiger partial charge in [0, 0.05) is 18.3 Å². The van der Waals surface area contributed by atoms with E-state index in [1.54, 1.807) is 0 Å². The molecular weight excluding hydrogens is 454 g/mol. The molecule has 0 aromatic carbocycles. The molecule has 0 radical (unpaired) electrons. The molecule has 0 bridgehead atoms. The molecule has 2 aliphatic heterocycles. The second-order valence-corrected chi connectivity index (χ2v) is 6.32. The summed E-state index contributed by atoms with van der Waals surface area (Å²) in [4.78, 5) is 48.1. The minimum atomic E-state index is -0.696. The molecule has 0 aliphatic carbocycles. The molecule has 15 heteroatoms. The van der Waals surface area contributed by atoms with Gasteiger partial charge in [-0.25, -0.2) is 10.9 Å². The van der Waals surface area contributed by atoms with Crippen LogP contribution in [-0.4, -0.2) is 39.1 Å². The summed E-state index contributed by atoms with van der Waals surface area (Å²) in [5, 5.41) is 28.7. The smallest absolute Gasteiger partial charge is 0.400 e. The number of amides is 2. The maximum Gasteiger partial charge on any atom is 0.429 e. The van der Waals surface area contributed by atoms with Gasteiger partial charge in [-0.05, 0) is 37.1 Å². The SMILES string of the molecule is O=C(N/N=C/C1=CCC=C([N+](=O)[O-])O1)c1ccc(C(=O)N/N=C/C2=CCC=C([N+](=O)[O-])O2)nc1. The summed E-state index contributed by atoms with van der Waals surface area (Å²) in [6.45, 7) is 0. The van der Waals surface area contributed by atoms with Crippen molar-refractivity contribution in [1.29, 1.82) is 0 Å². The lowest BCUT2D eigenvalue weighted by Gasteiger charge is -2.07. The van der Waals surface area contributed by atoms with Crippen LogP contribution in [0, 0.1) is 20.2 Å². The highest BCUT2D eigenvalue weighted by Gasteiger charge is 2.18. The molecule has 2 aliphatic rings. The number of carbonyl (C=O) groups is 2. The highest BCUT2D eigenvalue weighted by Crippen LogP contribution is 2.14. The lowest BCUT2D eigenvalue weighted by atomic mass is 10.2. The lowest BCUT2D eigenvalue weighted by Crippen LogP contribution is -2.21. The van der Waals surface area contributed by atoms with Crippen LogP contribution in [0.3, 0.4) is 0 Å². The van der Waals surface area contributed by atoms with Crippen LogP contribution >= 0.6 is 0 Å². The third-order valence-corrected chi connectivity index (χ3v) is 4.00. The molecule has 0 saturated carbocycles. The molecule has 2 amide bonds. The molecule has 1 aromatic rings. The van der Waals surface area contributed by atoms with Gasteiger partial charge in [-0.3, -0.25) is 34.8 Å². The standard InChI is InChI=1S/C19H15N7O8/c27-18(23-21-10-13-3-1-5-16(33-13)25(29)30)12-7-8-15(20-9-12)19(28)24-22-11-14-4-2-6-17(34-14)26(31)32/h3-11H,1-2H2,(H,23,27)(H,24,28)/b21-10+,22-11+. The monoisotopic (exact) mass is 469 g/mol. The summed E-state index contributed by atoms with van der Waals surface area (Å²) in [6, 6.07) is 2.59. The average Bonchev–Trinajstić information content (AvgIpc) is 2.84. The first-order valence-corrected chi connectivity index (χ1v) is 9.41. The Labute approximate surface area is 190 Å². The Morgan fingerprint density at radius 1 is 0.882 bits per heavy atom. The number of allylic oxidation sites excluding steroid dienone is 6. The van der Waals surface area contributed by atoms with Gasteiger partial charge in [0.15, 0.2) is 0 Å². The Hall–Kier alpha value is -5.21. The Morgan fingerprint density at radius 3 is 1.88 bits per heavy atom. The van der Waals surface area contributed by atoms with Gasteiger partial charge in [-0.1, -0.05) is 0 Å². The first-order valence-electron chi connectivity index (χ1n) is 9.41. The van der Waals surface area contributed by atoms with Gasteiger partial charge in [-0.15, -0.1) is 0 Å². The minimum absolute atomic E-state index is 0.0542. The van der Waals surface area contributed by atoms with Crippen molar-refractivity contribution in [2.24, 2.45) is 10.2 Å². The van der Waals surface area contributed by atoms with Crippen LogP contribution in [0.1, 0.15) is 33.7 Å². The van der Waals surface area contributed by atoms with Gasteiger partial charge in [0.05, 0.1) is 18.0 Å². The van der Waals surface area contributed by atoms with Crippen molar-refractivity contribution in [1.82, 2.24) is 15.8 Å². The number of ether oxygens (including phenoxy) is 2. The van der Waals surface area contributed by atoms with Crippen LogP contribution in [0.25, 0.3) is 0 Å². The van der Waals surface area contributed by atoms with E-state index in [1.165, 1.54) is 36.4 Å². The Bertz CT molecular complexity index is 1100. The fourth-order valence-electron chi connectivity index (χ4n) is 2.44. The molecule has 0 unspecified atom stereocenters. The van der Waals surface area contributed by atoms with E-state index in [4.69, 9.17) is 9.47 Å². The van der Waals surface area contributed by atoms with E-state index in [9.17, 15) is 29.8 Å². The molecule has 34 heavy (non-hydrogen) atoms. The number of carbonyl (C=O) groups excluding carboxylic acids is 2. The third-order valence-electron chi connectivity index (χ3n) is 4.00. The van der Waals surface area contributed by atoms with Crippen molar-refractivity contribution in [2.75, 3.05) is 0 Å². The molecule has 0 fully saturated rings. The molecule has 3 heterocycles. The zero-order chi connectivity index (χ0) is 24.5. The second-order valence-electron chi connectivity index (χ2n) is 6.32. The van der Waals surface area contributed by atoms with Crippen LogP contribution in [0.4, 0.5) is 0 Å². The van der Waals surface area contributed by atoms with Gasteiger partial charge in [0.25, 0.3) is 11.8 Å². The quantitative estimate of drug-likeness (QED) is 0.320. The minimum Gasteiger partial charge on any atom is -0.400 e. The van der Waals surface area contributed by atoms with E-state index < -0.39 is 33.4 Å². The number of pyridine rings is 1. The van der Waals surface area contributed by atoms with Crippen molar-refractivity contribution in [3.63, 3.8) is 0 Å². The molecule has 0 saturated heterocycles. The number of rotatable bonds is 8. The predicted octanol–water partition coefficient (Wildman–Crippen LogP) is 1.36. The van der Waals surface area contributed by atoms with Crippen molar-refractivity contribution >= 4 is 24.2 Å². The molecule has 0 spiro atoms. The molecule has 174 valence electrons. The Morgan fingerprint density at radius 2 is 1.41 bits per heavy atom. The van der Waals surface area contributed by atoms with Gasteiger partial charge in [0.1, 0.15) is 27.1 Å². The van der Waals surface area contributed by atoms with Gasteiger partial charge in [0.2, 0.25) is 0 Å². The van der Waals surface area contributed by atoms with E-state index in [1.807, 2.05) is 0 Å². The van der Waals surface area contributed by atoms with Gasteiger partial charge < -0.3 is 9.47 Å². The highest BCUT2D eigenvalue weighted by atomic mass is 16.7. The van der Waals surface area contributed by atoms with Crippen LogP contribution < -0.4 is 10.9 Å². The number of nitro groups is 2. The first kappa shape index (κ1) is 23.5. The van der Waals surface area contributed by atoms with Crippen molar-refractivity contribution in [3.8, 4) is 0 Å². The summed E-state index contributed by atoms with van der Waals surface area (Å²) in [5.74, 6) is -2.02. The number of aromatic nitrogens is 1. The maximum atomic E-state index is 12.1. The maximum absolute atomic E-state index is 12.1. The predicted molar refractivity (Wildman–Crippen MR) is 114 cm³/mol. The van der Waals surface area contributed by atoms with Gasteiger partial charge >= 0.3 is 11.8 Å². The second kappa shape index (κ2) is 10.9. The summed E-state index contributed by atoms with van der Waals surface area (Å²) in [5.41, 5.74) is 4.42. The number of hydrogen-bond donors (Lipinski definition) is 2. The van der Waals surface area contributed by atoms with Crippen LogP contribution in [0.2, 0.25) is 0 Å². The van der Waals surface area contributed by atoms with Crippen molar-refractivity contribution in [3.05, 3.63) is 97.4 Å². The fraction of sp³-hybridized carbons (Fsp3) is 0.105. The topological polar surface area (TPSA) is 201 Å². The summed E-state index contributed by atoms with van der Waals surface area (Å²) >= 11 is 0. The van der Waals surface area contributed by atoms with E-state index in [0.29, 0.717) is 0 Å². The summed E-state index contributed by atoms with van der Waals surface area (Å²) < 4.78 is 9.95. The van der Waals surface area contributed by atoms with Crippen LogP contribution in [0.5, 0.6) is 0 Å². The molecule has 1 aromatic heterocycles. The molecular formula is C19H15N7O8. The lowest BCUT2D eigenvalue weighted by molar-refractivity contribution is -0.460. The zero-order valence-corrected chi connectivity index (χ0v) is 17.1. The zero-order valence-electron chi connectivity index (χ0n) is 17.1. The number of hydrazone groups is 2. The van der Waals surface area contributed by atoms with E-state index in [0.717, 1.165) is 18.6 Å². The number of hydrogen-bond acceptors (Lipinski definition) is 11. The molecule has 0 atom stereocenters. The van der Waals surface area contributed by atoms with E-state index in [2.05, 4.69) is 26.0 Å². The summed E-state index contributed by atoms with van der Waals surface area (Å²) in [6.07, 6.45) is 9.55. The molecule has 2 N–H and O–H groups in total. The van der Waals surface area contributed by atoms with Crippen LogP contribution in [0.15, 0.2) is 76.1 Å². The fourth-order valence-corrected chi connectivity index (χ4v) is 2.44. The molecule has 15 nitrogen and oxygen atoms in total. The average molecular weight is 469 g/mol. The number of nitrogens with zero attached hydrogens (tertiary/aromatic N) is 5. The van der Waals surface area contributed by atoms with Gasteiger partial charge in [-0.2, -0.15) is 10.2 Å². The Kier molecular flexibility index (Phi) is 7.51. The van der Waals surface area contributed by atoms with E-state index in [-0.39, 0.29) is 35.6 Å². The normalized spacial score (nSPS) is 15.3. The van der Waals surface area contributed by atoms with Crippen LogP contribution in [-0.2, 0) is 9.47 Å². The number of nitrogens with one attached hydrogen (secondary N) is 2. The largest absolute Gasteiger partial charge is 0.429 e. The Balaban J connectivity index is 1.48. The van der Waals surface area contributed by atoms with Crippen molar-refractivity contribution < 1.29 is 28.9 Å². The molecule has 3 rings (SSSR count). The third kappa shape index (κ3) is 6.39. The first-order chi connectivity index (χ1) is 16.3. The summed E-state index contributed by atoms with van der Waals surface area (Å²) in [7, 11) is 0. The highest BCUT2D eigenvalue weighted by molar-refractivity contribution is 5.96. The van der Waals surface area contributed by atoms with Crippen molar-refractivity contribution in [2.45, 2.75) is 12.8 Å².